The summed E-state index contributed by atoms with van der Waals surface area (Å²) in [6.07, 6.45) is 6.81. The Morgan fingerprint density at radius 3 is 2.36 bits per heavy atom. The molecule has 0 unspecified atom stereocenters. The monoisotopic (exact) mass is 544 g/mol. The van der Waals surface area contributed by atoms with Gasteiger partial charge in [-0.1, -0.05) is 32.4 Å². The Balaban J connectivity index is 1.32. The minimum atomic E-state index is -0.607. The molecule has 0 aromatic heterocycles. The van der Waals surface area contributed by atoms with E-state index in [1.54, 1.807) is 0 Å². The zero-order chi connectivity index (χ0) is 28.3. The van der Waals surface area contributed by atoms with E-state index in [0.717, 1.165) is 32.1 Å². The molecule has 3 heterocycles. The number of cyclic esters (lactones) is 1. The molecule has 2 saturated carbocycles. The van der Waals surface area contributed by atoms with Crippen LogP contribution in [0.15, 0.2) is 11.6 Å². The Labute approximate surface area is 233 Å². The van der Waals surface area contributed by atoms with Crippen molar-refractivity contribution in [2.24, 2.45) is 39.9 Å². The Morgan fingerprint density at radius 2 is 1.72 bits per heavy atom. The van der Waals surface area contributed by atoms with E-state index in [1.165, 1.54) is 12.5 Å². The van der Waals surface area contributed by atoms with Gasteiger partial charge in [-0.05, 0) is 88.9 Å². The lowest BCUT2D eigenvalue weighted by atomic mass is 9.40. The van der Waals surface area contributed by atoms with Gasteiger partial charge in [-0.3, -0.25) is 9.59 Å². The number of epoxide rings is 1. The molecule has 3 saturated heterocycles. The number of hydrogen-bond donors (Lipinski definition) is 1. The van der Waals surface area contributed by atoms with Crippen molar-refractivity contribution in [3.05, 3.63) is 11.6 Å². The van der Waals surface area contributed by atoms with Crippen LogP contribution in [0.5, 0.6) is 0 Å². The van der Waals surface area contributed by atoms with Gasteiger partial charge in [0.15, 0.2) is 0 Å². The van der Waals surface area contributed by atoms with Crippen molar-refractivity contribution in [2.45, 2.75) is 136 Å². The van der Waals surface area contributed by atoms with Gasteiger partial charge in [0.1, 0.15) is 11.7 Å². The predicted molar refractivity (Wildman–Crippen MR) is 144 cm³/mol. The van der Waals surface area contributed by atoms with E-state index < -0.39 is 18.0 Å². The van der Waals surface area contributed by atoms with Crippen molar-refractivity contribution < 1.29 is 33.6 Å². The summed E-state index contributed by atoms with van der Waals surface area (Å²) in [6.45, 7) is 16.7. The van der Waals surface area contributed by atoms with Crippen LogP contribution >= 0.6 is 0 Å². The summed E-state index contributed by atoms with van der Waals surface area (Å²) in [5.74, 6) is 0.249. The molecule has 7 nitrogen and oxygen atoms in total. The topological polar surface area (TPSA) is 94.6 Å². The Morgan fingerprint density at radius 1 is 1.03 bits per heavy atom. The first-order valence-electron chi connectivity index (χ1n) is 15.2. The first kappa shape index (κ1) is 27.7. The Bertz CT molecular complexity index is 1090. The van der Waals surface area contributed by atoms with Crippen molar-refractivity contribution in [2.75, 3.05) is 0 Å². The van der Waals surface area contributed by atoms with E-state index in [-0.39, 0.29) is 69.7 Å². The number of allylic oxidation sites excluding steroid dienone is 1. The highest BCUT2D eigenvalue weighted by Crippen LogP contribution is 2.72. The molecule has 0 amide bonds. The zero-order valence-electron chi connectivity index (χ0n) is 25.0. The molecule has 218 valence electrons. The largest absolute Gasteiger partial charge is 0.459 e. The summed E-state index contributed by atoms with van der Waals surface area (Å²) >= 11 is 0. The van der Waals surface area contributed by atoms with Gasteiger partial charge in [0.2, 0.25) is 6.29 Å². The van der Waals surface area contributed by atoms with Gasteiger partial charge in [0.05, 0.1) is 17.8 Å². The molecule has 1 N–H and O–H groups in total. The lowest BCUT2D eigenvalue weighted by Crippen LogP contribution is -2.63. The van der Waals surface area contributed by atoms with Crippen LogP contribution in [0, 0.1) is 39.9 Å². The average molecular weight is 545 g/mol. The Kier molecular flexibility index (Phi) is 6.07. The zero-order valence-corrected chi connectivity index (χ0v) is 25.0. The van der Waals surface area contributed by atoms with Crippen LogP contribution < -0.4 is 0 Å². The predicted octanol–water partition coefficient (Wildman–Crippen LogP) is 5.33. The van der Waals surface area contributed by atoms with Gasteiger partial charge in [0.25, 0.3) is 0 Å². The van der Waals surface area contributed by atoms with Gasteiger partial charge in [0, 0.05) is 30.6 Å². The molecule has 6 aliphatic rings. The number of hydrogen-bond acceptors (Lipinski definition) is 7. The molecule has 3 aliphatic heterocycles. The maximum Gasteiger partial charge on any atom is 0.306 e. The summed E-state index contributed by atoms with van der Waals surface area (Å²) in [4.78, 5) is 24.7. The summed E-state index contributed by atoms with van der Waals surface area (Å²) in [6, 6.07) is 0. The minimum absolute atomic E-state index is 0.0241. The van der Waals surface area contributed by atoms with Crippen LogP contribution in [0.1, 0.15) is 100 Å². The van der Waals surface area contributed by atoms with Crippen LogP contribution in [0.4, 0.5) is 0 Å². The van der Waals surface area contributed by atoms with Gasteiger partial charge in [-0.2, -0.15) is 0 Å². The summed E-state index contributed by atoms with van der Waals surface area (Å²) < 4.78 is 24.1. The van der Waals surface area contributed by atoms with Crippen molar-refractivity contribution in [3.63, 3.8) is 0 Å². The lowest BCUT2D eigenvalue weighted by molar-refractivity contribution is -0.198. The van der Waals surface area contributed by atoms with Crippen molar-refractivity contribution in [3.8, 4) is 0 Å². The third-order valence-electron chi connectivity index (χ3n) is 12.5. The highest BCUT2D eigenvalue weighted by molar-refractivity contribution is 5.70. The van der Waals surface area contributed by atoms with E-state index in [1.807, 2.05) is 13.8 Å². The maximum absolute atomic E-state index is 12.6. The lowest BCUT2D eigenvalue weighted by Gasteiger charge is -2.65. The number of carbonyl (C=O) groups excluding carboxylic acids is 2. The minimum Gasteiger partial charge on any atom is -0.459 e. The number of aliphatic hydroxyl groups is 1. The van der Waals surface area contributed by atoms with E-state index in [4.69, 9.17) is 18.9 Å². The number of rotatable bonds is 3. The molecule has 0 aromatic carbocycles. The van der Waals surface area contributed by atoms with Crippen molar-refractivity contribution in [1.82, 2.24) is 0 Å². The van der Waals surface area contributed by atoms with Crippen LogP contribution in [-0.4, -0.2) is 52.8 Å². The molecule has 3 aliphatic carbocycles. The molecule has 5 fully saturated rings. The van der Waals surface area contributed by atoms with E-state index in [0.29, 0.717) is 12.8 Å². The van der Waals surface area contributed by atoms with Gasteiger partial charge in [-0.25, -0.2) is 0 Å². The van der Waals surface area contributed by atoms with Gasteiger partial charge in [-0.15, -0.1) is 0 Å². The smallest absolute Gasteiger partial charge is 0.306 e. The molecule has 0 radical (unpaired) electrons. The molecule has 39 heavy (non-hydrogen) atoms. The third kappa shape index (κ3) is 3.92. The molecule has 0 aromatic rings. The third-order valence-corrected chi connectivity index (χ3v) is 12.5. The molecular weight excluding hydrogens is 496 g/mol. The van der Waals surface area contributed by atoms with Crippen LogP contribution in [-0.2, 0) is 28.5 Å². The fourth-order valence-electron chi connectivity index (χ4n) is 10.6. The number of ether oxygens (including phenoxy) is 4. The second-order valence-corrected chi connectivity index (χ2v) is 15.3. The van der Waals surface area contributed by atoms with E-state index >= 15 is 0 Å². The second kappa shape index (κ2) is 8.54. The normalized spacial score (nSPS) is 51.5. The first-order valence-corrected chi connectivity index (χ1v) is 15.2. The Hall–Kier alpha value is -1.44. The molecular formula is C32H48O7. The second-order valence-electron chi connectivity index (χ2n) is 15.3. The quantitative estimate of drug-likeness (QED) is 0.292. The van der Waals surface area contributed by atoms with E-state index in [2.05, 4.69) is 40.7 Å². The molecule has 7 heteroatoms. The molecule has 0 spiro atoms. The summed E-state index contributed by atoms with van der Waals surface area (Å²) in [5.41, 5.74) is -0.0577. The number of carbonyl (C=O) groups is 2. The molecule has 0 bridgehead atoms. The highest BCUT2D eigenvalue weighted by atomic mass is 16.7. The van der Waals surface area contributed by atoms with Crippen LogP contribution in [0.3, 0.4) is 0 Å². The van der Waals surface area contributed by atoms with Crippen LogP contribution in [0.2, 0.25) is 0 Å². The summed E-state index contributed by atoms with van der Waals surface area (Å²) in [7, 11) is 0. The van der Waals surface area contributed by atoms with Crippen molar-refractivity contribution >= 4 is 11.9 Å². The van der Waals surface area contributed by atoms with E-state index in [9.17, 15) is 14.7 Å². The number of esters is 2. The highest BCUT2D eigenvalue weighted by Gasteiger charge is 2.69. The standard InChI is InChI=1S/C32H48O7/c1-17(33)36-27-18(15-20(37-27)26-29(4,5)39-26)19-9-10-21-30(19,6)13-11-22-31(7)14-12-25(35)38-28(2,3)23(31)16-24(34)32(21,22)8/h10,18-20,22-24,26-27,34H,9,11-16H2,1-8H3/t18-,19+,20-,22-,23+,24-,26+,27+,30+,31-,32+/m1/s1. The fourth-order valence-corrected chi connectivity index (χ4v) is 10.6. The average Bonchev–Trinajstić information content (AvgIpc) is 3.13. The van der Waals surface area contributed by atoms with Gasteiger partial charge < -0.3 is 24.1 Å². The number of fused-ring (bicyclic) bond motifs is 5. The van der Waals surface area contributed by atoms with Crippen molar-refractivity contribution in [1.29, 1.82) is 0 Å². The molecule has 6 rings (SSSR count). The molecule has 11 atom stereocenters. The summed E-state index contributed by atoms with van der Waals surface area (Å²) in [5, 5.41) is 12.0. The first-order chi connectivity index (χ1) is 18.0. The fraction of sp³-hybridized carbons (Fsp3) is 0.875. The number of aliphatic hydroxyl groups excluding tert-OH is 1. The van der Waals surface area contributed by atoms with Gasteiger partial charge >= 0.3 is 11.9 Å². The SMILES string of the molecule is CC(=O)O[C@H]1O[C@@H]([C@@H]2OC2(C)C)C[C@@H]1[C@@H]1CC=C2[C@]3(C)[C@H](O)C[C@H]4C(C)(C)OC(=O)CC[C@]4(C)[C@H]3CC[C@]21C. The van der Waals surface area contributed by atoms with Crippen LogP contribution in [0.25, 0.3) is 0 Å². The maximum atomic E-state index is 12.6.